The zero-order chi connectivity index (χ0) is 29.1. The smallest absolute Gasteiger partial charge is 0.325 e. The number of halogens is 3. The van der Waals surface area contributed by atoms with Crippen molar-refractivity contribution >= 4 is 63.5 Å². The van der Waals surface area contributed by atoms with E-state index in [4.69, 9.17) is 0 Å². The number of hydrogen-bond donors (Lipinski definition) is 1. The largest absolute Gasteiger partial charge is 0.416 e. The lowest BCUT2D eigenvalue weighted by Gasteiger charge is -2.29. The normalized spacial score (nSPS) is 20.2. The van der Waals surface area contributed by atoms with Gasteiger partial charge in [-0.15, -0.1) is 11.3 Å². The lowest BCUT2D eigenvalue weighted by Crippen LogP contribution is -2.32. The number of anilines is 2. The predicted molar refractivity (Wildman–Crippen MR) is 152 cm³/mol. The van der Waals surface area contributed by atoms with Crippen LogP contribution >= 0.6 is 34.4 Å². The summed E-state index contributed by atoms with van der Waals surface area (Å²) in [6.07, 6.45) is -4.58. The summed E-state index contributed by atoms with van der Waals surface area (Å²) >= 11 is 3.40. The van der Waals surface area contributed by atoms with Crippen molar-refractivity contribution < 1.29 is 27.6 Å². The Morgan fingerprint density at radius 2 is 1.76 bits per heavy atom. The van der Waals surface area contributed by atoms with E-state index >= 15 is 0 Å². The van der Waals surface area contributed by atoms with E-state index in [2.05, 4.69) is 5.32 Å². The Hall–Kier alpha value is -3.68. The number of fused-ring (bicyclic) bond motifs is 2. The minimum Gasteiger partial charge on any atom is -0.325 e. The molecule has 0 aliphatic carbocycles. The number of nitrogens with zero attached hydrogens (tertiary/aromatic N) is 2. The Bertz CT molecular complexity index is 1730. The second-order valence-electron chi connectivity index (χ2n) is 9.66. The number of imide groups is 1. The molecule has 4 heterocycles. The molecule has 0 spiro atoms. The highest BCUT2D eigenvalue weighted by molar-refractivity contribution is 8.00. The Morgan fingerprint density at radius 3 is 2.44 bits per heavy atom. The van der Waals surface area contributed by atoms with Crippen LogP contribution in [0.25, 0.3) is 0 Å². The first-order valence-electron chi connectivity index (χ1n) is 12.4. The van der Waals surface area contributed by atoms with Crippen molar-refractivity contribution in [3.63, 3.8) is 0 Å². The number of benzene rings is 2. The molecule has 1 saturated heterocycles. The summed E-state index contributed by atoms with van der Waals surface area (Å²) in [7, 11) is 0. The summed E-state index contributed by atoms with van der Waals surface area (Å²) < 4.78 is 40.6. The number of rotatable bonds is 5. The van der Waals surface area contributed by atoms with Gasteiger partial charge in [-0.05, 0) is 48.7 Å². The number of nitrogens with one attached hydrogen (secondary N) is 1. The second kappa shape index (κ2) is 10.3. The molecule has 13 heteroatoms. The second-order valence-corrected chi connectivity index (χ2v) is 12.8. The molecule has 210 valence electrons. The number of thiophene rings is 1. The molecule has 1 fully saturated rings. The molecule has 7 nitrogen and oxygen atoms in total. The molecule has 0 unspecified atom stereocenters. The number of carbonyl (C=O) groups is 3. The van der Waals surface area contributed by atoms with Crippen molar-refractivity contribution in [3.05, 3.63) is 96.6 Å². The maximum atomic E-state index is 13.8. The van der Waals surface area contributed by atoms with Crippen LogP contribution in [0.15, 0.2) is 75.9 Å². The zero-order valence-electron chi connectivity index (χ0n) is 21.2. The highest BCUT2D eigenvalue weighted by Gasteiger charge is 2.57. The van der Waals surface area contributed by atoms with Gasteiger partial charge in [0.2, 0.25) is 17.7 Å². The highest BCUT2D eigenvalue weighted by Crippen LogP contribution is 2.54. The molecule has 0 saturated carbocycles. The maximum Gasteiger partial charge on any atom is 0.416 e. The van der Waals surface area contributed by atoms with E-state index in [1.807, 2.05) is 36.6 Å². The summed E-state index contributed by atoms with van der Waals surface area (Å²) in [5.41, 5.74) is 0.470. The van der Waals surface area contributed by atoms with Crippen LogP contribution in [0, 0.1) is 12.8 Å². The first kappa shape index (κ1) is 27.5. The van der Waals surface area contributed by atoms with Gasteiger partial charge in [0.1, 0.15) is 11.8 Å². The third-order valence-electron chi connectivity index (χ3n) is 6.97. The zero-order valence-corrected chi connectivity index (χ0v) is 23.6. The fourth-order valence-electron chi connectivity index (χ4n) is 5.10. The van der Waals surface area contributed by atoms with E-state index in [1.165, 1.54) is 32.9 Å². The number of alkyl halides is 3. The number of carbonyl (C=O) groups excluding carboxylic acids is 3. The fourth-order valence-corrected chi connectivity index (χ4v) is 8.82. The Balaban J connectivity index is 1.35. The topological polar surface area (TPSA) is 88.5 Å². The van der Waals surface area contributed by atoms with Crippen LogP contribution in [0.4, 0.5) is 24.5 Å². The van der Waals surface area contributed by atoms with Crippen molar-refractivity contribution in [2.24, 2.45) is 5.92 Å². The average molecular weight is 616 g/mol. The molecule has 0 bridgehead atoms. The lowest BCUT2D eigenvalue weighted by atomic mass is 9.87. The Morgan fingerprint density at radius 1 is 1.00 bits per heavy atom. The minimum atomic E-state index is -4.58. The molecule has 2 aliphatic heterocycles. The van der Waals surface area contributed by atoms with Crippen LogP contribution in [0.2, 0.25) is 0 Å². The highest BCUT2D eigenvalue weighted by atomic mass is 32.2. The molecule has 2 aliphatic rings. The Kier molecular flexibility index (Phi) is 6.91. The number of thioether (sulfide) groups is 1. The molecule has 2 aromatic carbocycles. The molecule has 0 radical (unpaired) electrons. The SMILES string of the molecule is Cc1ccc(N2C(=O)[C@@H]3[C@H](c4cccs4)c4sc(=O)n(CC(=O)Nc5cccc(C(F)(F)F)c5)c4S[C@@H]3C2=O)cc1. The fraction of sp³-hybridized carbons (Fsp3) is 0.214. The van der Waals surface area contributed by atoms with E-state index < -0.39 is 52.1 Å². The number of thiazole rings is 1. The molecule has 4 aromatic rings. The summed E-state index contributed by atoms with van der Waals surface area (Å²) in [5.74, 6) is -2.76. The molecular weight excluding hydrogens is 596 g/mol. The molecular formula is C28H20F3N3O4S3. The van der Waals surface area contributed by atoms with Gasteiger partial charge in [-0.2, -0.15) is 13.2 Å². The number of aromatic nitrogens is 1. The van der Waals surface area contributed by atoms with Gasteiger partial charge < -0.3 is 5.32 Å². The van der Waals surface area contributed by atoms with Crippen LogP contribution in [0.3, 0.4) is 0 Å². The molecule has 3 atom stereocenters. The summed E-state index contributed by atoms with van der Waals surface area (Å²) in [5, 5.41) is 3.87. The summed E-state index contributed by atoms with van der Waals surface area (Å²) in [6, 6.07) is 15.0. The van der Waals surface area contributed by atoms with Gasteiger partial charge in [0.25, 0.3) is 0 Å². The molecule has 1 N–H and O–H groups in total. The van der Waals surface area contributed by atoms with E-state index in [1.54, 1.807) is 12.1 Å². The van der Waals surface area contributed by atoms with Crippen LogP contribution in [0.5, 0.6) is 0 Å². The van der Waals surface area contributed by atoms with Crippen molar-refractivity contribution in [3.8, 4) is 0 Å². The number of hydrogen-bond acceptors (Lipinski definition) is 7. The summed E-state index contributed by atoms with van der Waals surface area (Å²) in [4.78, 5) is 55.7. The first-order chi connectivity index (χ1) is 19.5. The lowest BCUT2D eigenvalue weighted by molar-refractivity contribution is -0.137. The van der Waals surface area contributed by atoms with Crippen LogP contribution < -0.4 is 15.1 Å². The number of aryl methyl sites for hydroxylation is 1. The van der Waals surface area contributed by atoms with E-state index in [0.29, 0.717) is 15.6 Å². The van der Waals surface area contributed by atoms with E-state index in [9.17, 15) is 32.3 Å². The van der Waals surface area contributed by atoms with Gasteiger partial charge in [0.15, 0.2) is 0 Å². The third-order valence-corrected chi connectivity index (χ3v) is 10.5. The van der Waals surface area contributed by atoms with Crippen LogP contribution in [-0.4, -0.2) is 27.5 Å². The molecule has 3 amide bonds. The van der Waals surface area contributed by atoms with Gasteiger partial charge in [-0.3, -0.25) is 23.7 Å². The minimum absolute atomic E-state index is 0.0588. The molecule has 41 heavy (non-hydrogen) atoms. The van der Waals surface area contributed by atoms with Crippen molar-refractivity contribution in [2.75, 3.05) is 10.2 Å². The molecule has 6 rings (SSSR count). The van der Waals surface area contributed by atoms with Gasteiger partial charge in [0.05, 0.1) is 22.2 Å². The quantitative estimate of drug-likeness (QED) is 0.290. The third kappa shape index (κ3) is 4.91. The van der Waals surface area contributed by atoms with Gasteiger partial charge in [-0.1, -0.05) is 52.9 Å². The Labute approximate surface area is 243 Å². The van der Waals surface area contributed by atoms with Gasteiger partial charge in [0, 0.05) is 21.4 Å². The van der Waals surface area contributed by atoms with Gasteiger partial charge >= 0.3 is 11.0 Å². The standard InChI is InChI=1S/C28H20F3N3O4S3/c1-14-7-9-17(10-8-14)34-24(36)21-20(18-6-3-11-39-18)23-26(40-22(21)25(34)37)33(27(38)41-23)13-19(35)32-16-5-2-4-15(12-16)28(29,30)31/h2-12,20-22H,13H2,1H3,(H,32,35)/t20-,21+,22-/m0/s1. The van der Waals surface area contributed by atoms with Crippen LogP contribution in [-0.2, 0) is 27.1 Å². The maximum absolute atomic E-state index is 13.8. The monoisotopic (exact) mass is 615 g/mol. The van der Waals surface area contributed by atoms with E-state index in [0.717, 1.165) is 45.7 Å². The number of amides is 3. The van der Waals surface area contributed by atoms with Gasteiger partial charge in [-0.25, -0.2) is 4.90 Å². The van der Waals surface area contributed by atoms with Crippen molar-refractivity contribution in [1.82, 2.24) is 4.57 Å². The molecule has 2 aromatic heterocycles. The summed E-state index contributed by atoms with van der Waals surface area (Å²) in [6.45, 7) is 1.44. The first-order valence-corrected chi connectivity index (χ1v) is 15.0. The predicted octanol–water partition coefficient (Wildman–Crippen LogP) is 5.73. The van der Waals surface area contributed by atoms with Crippen molar-refractivity contribution in [2.45, 2.75) is 35.8 Å². The van der Waals surface area contributed by atoms with Crippen LogP contribution in [0.1, 0.15) is 26.8 Å². The average Bonchev–Trinajstić information content (AvgIpc) is 3.62. The van der Waals surface area contributed by atoms with E-state index in [-0.39, 0.29) is 11.6 Å². The van der Waals surface area contributed by atoms with Crippen molar-refractivity contribution in [1.29, 1.82) is 0 Å².